The van der Waals surface area contributed by atoms with Gasteiger partial charge in [-0.3, -0.25) is 0 Å². The van der Waals surface area contributed by atoms with Crippen LogP contribution in [0.1, 0.15) is 34.9 Å². The van der Waals surface area contributed by atoms with Crippen molar-refractivity contribution >= 4 is 17.7 Å². The summed E-state index contributed by atoms with van der Waals surface area (Å²) in [7, 11) is 1.51. The fraction of sp³-hybridized carbons (Fsp3) is 0.357. The lowest BCUT2D eigenvalue weighted by Crippen LogP contribution is -2.07. The average Bonchev–Trinajstić information content (AvgIpc) is 3.38. The van der Waals surface area contributed by atoms with Crippen molar-refractivity contribution in [2.24, 2.45) is 0 Å². The van der Waals surface area contributed by atoms with Crippen molar-refractivity contribution in [1.82, 2.24) is 19.9 Å². The van der Waals surface area contributed by atoms with Gasteiger partial charge in [0.05, 0.1) is 12.8 Å². The minimum absolute atomic E-state index is 0.0537. The summed E-state index contributed by atoms with van der Waals surface area (Å²) in [4.78, 5) is 28.3. The van der Waals surface area contributed by atoms with E-state index in [9.17, 15) is 9.90 Å². The molecule has 0 aliphatic heterocycles. The summed E-state index contributed by atoms with van der Waals surface area (Å²) in [6.45, 7) is 0. The minimum Gasteiger partial charge on any atom is -0.480 e. The van der Waals surface area contributed by atoms with Crippen LogP contribution < -0.4 is 4.74 Å². The molecule has 0 spiro atoms. The van der Waals surface area contributed by atoms with Gasteiger partial charge in [-0.2, -0.15) is 0 Å². The zero-order valence-electron chi connectivity index (χ0n) is 12.1. The first-order valence-electron chi connectivity index (χ1n) is 6.69. The molecule has 0 amide bonds. The van der Waals surface area contributed by atoms with Crippen molar-refractivity contribution in [3.05, 3.63) is 23.8 Å². The highest BCUT2D eigenvalue weighted by Crippen LogP contribution is 2.44. The molecule has 2 aromatic heterocycles. The summed E-state index contributed by atoms with van der Waals surface area (Å²) in [5, 5.41) is 9.81. The van der Waals surface area contributed by atoms with E-state index in [0.717, 1.165) is 18.5 Å². The number of ether oxygens (including phenoxy) is 1. The van der Waals surface area contributed by atoms with Crippen LogP contribution in [0.5, 0.6) is 5.88 Å². The molecular formula is C14H14N4O3S. The third-order valence-electron chi connectivity index (χ3n) is 3.35. The van der Waals surface area contributed by atoms with Crippen LogP contribution >= 0.6 is 11.8 Å². The molecule has 1 aliphatic carbocycles. The molecule has 0 aromatic carbocycles. The molecule has 2 heterocycles. The number of aromatic carboxylic acids is 1. The summed E-state index contributed by atoms with van der Waals surface area (Å²) in [6, 6.07) is 1.45. The van der Waals surface area contributed by atoms with Gasteiger partial charge in [-0.15, -0.1) is 11.8 Å². The van der Waals surface area contributed by atoms with E-state index in [1.165, 1.54) is 31.3 Å². The van der Waals surface area contributed by atoms with Crippen LogP contribution in [-0.4, -0.2) is 44.4 Å². The van der Waals surface area contributed by atoms with Crippen LogP contribution in [-0.2, 0) is 0 Å². The van der Waals surface area contributed by atoms with Gasteiger partial charge in [0.15, 0.2) is 11.5 Å². The number of hydrogen-bond donors (Lipinski definition) is 1. The van der Waals surface area contributed by atoms with Crippen molar-refractivity contribution in [2.75, 3.05) is 13.4 Å². The molecule has 0 atom stereocenters. The Morgan fingerprint density at radius 1 is 1.36 bits per heavy atom. The molecule has 3 rings (SSSR count). The maximum absolute atomic E-state index is 11.3. The quantitative estimate of drug-likeness (QED) is 0.662. The number of methoxy groups -OCH3 is 1. The number of carboxylic acids is 1. The van der Waals surface area contributed by atoms with E-state index >= 15 is 0 Å². The smallest absolute Gasteiger partial charge is 0.354 e. The second-order valence-corrected chi connectivity index (χ2v) is 5.67. The molecule has 1 aliphatic rings. The molecule has 0 unspecified atom stereocenters. The van der Waals surface area contributed by atoms with Gasteiger partial charge >= 0.3 is 5.97 Å². The molecular weight excluding hydrogens is 304 g/mol. The van der Waals surface area contributed by atoms with Gasteiger partial charge in [0.25, 0.3) is 0 Å². The van der Waals surface area contributed by atoms with Gasteiger partial charge in [0.1, 0.15) is 16.9 Å². The van der Waals surface area contributed by atoms with Crippen molar-refractivity contribution in [2.45, 2.75) is 23.8 Å². The van der Waals surface area contributed by atoms with E-state index in [2.05, 4.69) is 19.9 Å². The molecule has 7 nitrogen and oxygen atoms in total. The summed E-state index contributed by atoms with van der Waals surface area (Å²) < 4.78 is 5.31. The van der Waals surface area contributed by atoms with Gasteiger partial charge in [-0.1, -0.05) is 0 Å². The molecule has 22 heavy (non-hydrogen) atoms. The highest BCUT2D eigenvalue weighted by Gasteiger charge is 2.31. The number of nitrogens with zero attached hydrogens (tertiary/aromatic N) is 4. The van der Waals surface area contributed by atoms with Crippen molar-refractivity contribution in [3.8, 4) is 17.3 Å². The lowest BCUT2D eigenvalue weighted by molar-refractivity contribution is 0.0690. The second-order valence-electron chi connectivity index (χ2n) is 4.84. The first-order valence-corrected chi connectivity index (χ1v) is 7.92. The number of rotatable bonds is 5. The maximum atomic E-state index is 11.3. The Balaban J connectivity index is 2.22. The summed E-state index contributed by atoms with van der Waals surface area (Å²) in [5.74, 6) is -0.0976. The average molecular weight is 318 g/mol. The molecule has 1 saturated carbocycles. The van der Waals surface area contributed by atoms with E-state index in [1.54, 1.807) is 0 Å². The van der Waals surface area contributed by atoms with E-state index in [0.29, 0.717) is 28.2 Å². The Morgan fingerprint density at radius 3 is 2.73 bits per heavy atom. The van der Waals surface area contributed by atoms with Crippen LogP contribution in [0.25, 0.3) is 11.4 Å². The highest BCUT2D eigenvalue weighted by atomic mass is 32.2. The maximum Gasteiger partial charge on any atom is 0.354 e. The molecule has 8 heteroatoms. The van der Waals surface area contributed by atoms with Crippen LogP contribution in [0.2, 0.25) is 0 Å². The Bertz CT molecular complexity index is 734. The fourth-order valence-electron chi connectivity index (χ4n) is 2.16. The molecule has 2 aromatic rings. The standard InChI is InChI=1S/C14H14N4O3S/c1-21-13-10(11(7-3-4-7)15-6-16-13)12-17-8(14(19)20)5-9(18-12)22-2/h5-7H,3-4H2,1-2H3,(H,19,20). The normalized spacial score (nSPS) is 13.9. The molecule has 1 N–H and O–H groups in total. The highest BCUT2D eigenvalue weighted by molar-refractivity contribution is 7.98. The minimum atomic E-state index is -1.09. The summed E-state index contributed by atoms with van der Waals surface area (Å²) >= 11 is 1.36. The van der Waals surface area contributed by atoms with Crippen molar-refractivity contribution in [1.29, 1.82) is 0 Å². The Labute approximate surface area is 131 Å². The topological polar surface area (TPSA) is 98.1 Å². The van der Waals surface area contributed by atoms with E-state index < -0.39 is 5.97 Å². The Hall–Kier alpha value is -2.22. The first kappa shape index (κ1) is 14.7. The number of hydrogen-bond acceptors (Lipinski definition) is 7. The van der Waals surface area contributed by atoms with Crippen LogP contribution in [0.4, 0.5) is 0 Å². The number of carbonyl (C=O) groups is 1. The number of carboxylic acid groups (broad SMARTS) is 1. The third-order valence-corrected chi connectivity index (χ3v) is 3.98. The first-order chi connectivity index (χ1) is 10.6. The second kappa shape index (κ2) is 5.88. The SMILES string of the molecule is COc1ncnc(C2CC2)c1-c1nc(SC)cc(C(=O)O)n1. The lowest BCUT2D eigenvalue weighted by atomic mass is 10.1. The van der Waals surface area contributed by atoms with Gasteiger partial charge in [0.2, 0.25) is 5.88 Å². The molecule has 114 valence electrons. The van der Waals surface area contributed by atoms with Crippen LogP contribution in [0.15, 0.2) is 17.4 Å². The largest absolute Gasteiger partial charge is 0.480 e. The zero-order chi connectivity index (χ0) is 15.7. The van der Waals surface area contributed by atoms with Crippen LogP contribution in [0, 0.1) is 0 Å². The third kappa shape index (κ3) is 2.74. The molecule has 0 saturated heterocycles. The van der Waals surface area contributed by atoms with Gasteiger partial charge < -0.3 is 9.84 Å². The van der Waals surface area contributed by atoms with Crippen LogP contribution in [0.3, 0.4) is 0 Å². The van der Waals surface area contributed by atoms with Gasteiger partial charge in [0, 0.05) is 12.0 Å². The van der Waals surface area contributed by atoms with Gasteiger partial charge in [-0.25, -0.2) is 24.7 Å². The monoisotopic (exact) mass is 318 g/mol. The molecule has 0 bridgehead atoms. The predicted molar refractivity (Wildman–Crippen MR) is 80.3 cm³/mol. The number of thioether (sulfide) groups is 1. The number of aromatic nitrogens is 4. The van der Waals surface area contributed by atoms with E-state index in [-0.39, 0.29) is 5.69 Å². The summed E-state index contributed by atoms with van der Waals surface area (Å²) in [6.07, 6.45) is 5.37. The Morgan fingerprint density at radius 2 is 2.14 bits per heavy atom. The van der Waals surface area contributed by atoms with E-state index in [4.69, 9.17) is 4.74 Å². The fourth-order valence-corrected chi connectivity index (χ4v) is 2.57. The van der Waals surface area contributed by atoms with E-state index in [1.807, 2.05) is 6.26 Å². The zero-order valence-corrected chi connectivity index (χ0v) is 12.9. The molecule has 0 radical (unpaired) electrons. The Kier molecular flexibility index (Phi) is 3.93. The van der Waals surface area contributed by atoms with Crippen molar-refractivity contribution < 1.29 is 14.6 Å². The summed E-state index contributed by atoms with van der Waals surface area (Å²) in [5.41, 5.74) is 1.36. The molecule has 1 fully saturated rings. The lowest BCUT2D eigenvalue weighted by Gasteiger charge is -2.11. The van der Waals surface area contributed by atoms with Crippen molar-refractivity contribution in [3.63, 3.8) is 0 Å². The van der Waals surface area contributed by atoms with Gasteiger partial charge in [-0.05, 0) is 19.1 Å². The predicted octanol–water partition coefficient (Wildman–Crippen LogP) is 2.24.